The minimum Gasteiger partial charge on any atom is -0.354 e. The third-order valence-electron chi connectivity index (χ3n) is 3.05. The van der Waals surface area contributed by atoms with Crippen LogP contribution in [0, 0.1) is 0 Å². The van der Waals surface area contributed by atoms with E-state index in [2.05, 4.69) is 17.4 Å². The lowest BCUT2D eigenvalue weighted by molar-refractivity contribution is -0.119. The van der Waals surface area contributed by atoms with E-state index < -0.39 is 0 Å². The lowest BCUT2D eigenvalue weighted by Crippen LogP contribution is -2.36. The molecule has 1 aromatic carbocycles. The minimum atomic E-state index is -0.0720. The summed E-state index contributed by atoms with van der Waals surface area (Å²) in [6.07, 6.45) is 2.31. The van der Waals surface area contributed by atoms with Gasteiger partial charge in [0.05, 0.1) is 6.54 Å². The second kappa shape index (κ2) is 4.03. The Bertz CT molecular complexity index is 344. The number of benzene rings is 1. The normalized spacial score (nSPS) is 17.1. The van der Waals surface area contributed by atoms with Crippen molar-refractivity contribution < 1.29 is 4.79 Å². The second-order valence-corrected chi connectivity index (χ2v) is 4.13. The fourth-order valence-electron chi connectivity index (χ4n) is 1.85. The van der Waals surface area contributed by atoms with Crippen LogP contribution >= 0.6 is 0 Å². The topological polar surface area (TPSA) is 55.1 Å². The molecule has 0 aliphatic heterocycles. The average molecular weight is 204 g/mol. The molecule has 3 N–H and O–H groups in total. The number of hydrogen-bond acceptors (Lipinski definition) is 2. The van der Waals surface area contributed by atoms with Gasteiger partial charge in [0.1, 0.15) is 0 Å². The second-order valence-electron chi connectivity index (χ2n) is 4.13. The van der Waals surface area contributed by atoms with Gasteiger partial charge in [-0.3, -0.25) is 4.79 Å². The van der Waals surface area contributed by atoms with Crippen LogP contribution in [0.4, 0.5) is 0 Å². The number of hydrogen-bond donors (Lipinski definition) is 2. The Morgan fingerprint density at radius 1 is 1.33 bits per heavy atom. The molecule has 0 saturated heterocycles. The van der Waals surface area contributed by atoms with Gasteiger partial charge in [-0.25, -0.2) is 0 Å². The van der Waals surface area contributed by atoms with E-state index in [9.17, 15) is 4.79 Å². The largest absolute Gasteiger partial charge is 0.354 e. The molecule has 0 atom stereocenters. The smallest absolute Gasteiger partial charge is 0.233 e. The highest BCUT2D eigenvalue weighted by molar-refractivity contribution is 5.77. The maximum Gasteiger partial charge on any atom is 0.233 e. The molecule has 0 radical (unpaired) electrons. The molecule has 1 amide bonds. The summed E-state index contributed by atoms with van der Waals surface area (Å²) in [6, 6.07) is 10.3. The van der Waals surface area contributed by atoms with Crippen molar-refractivity contribution in [2.45, 2.75) is 18.3 Å². The summed E-state index contributed by atoms with van der Waals surface area (Å²) in [4.78, 5) is 11.1. The van der Waals surface area contributed by atoms with E-state index in [1.165, 1.54) is 5.56 Å². The standard InChI is InChI=1S/C12H16N2O/c13-8-11(15)14-9-12(6-7-12)10-4-2-1-3-5-10/h1-5H,6-9,13H2,(H,14,15). The first kappa shape index (κ1) is 10.2. The molecule has 15 heavy (non-hydrogen) atoms. The van der Waals surface area contributed by atoms with Crippen LogP contribution in [0.25, 0.3) is 0 Å². The van der Waals surface area contributed by atoms with E-state index >= 15 is 0 Å². The zero-order chi connectivity index (χ0) is 10.7. The molecule has 1 fully saturated rings. The Hall–Kier alpha value is -1.35. The summed E-state index contributed by atoms with van der Waals surface area (Å²) in [5.74, 6) is -0.0720. The first-order valence-electron chi connectivity index (χ1n) is 5.29. The van der Waals surface area contributed by atoms with Gasteiger partial charge in [0.2, 0.25) is 5.91 Å². The molecule has 1 saturated carbocycles. The van der Waals surface area contributed by atoms with Crippen LogP contribution in [-0.4, -0.2) is 19.0 Å². The molecule has 1 aliphatic carbocycles. The molecule has 1 aliphatic rings. The number of nitrogens with two attached hydrogens (primary N) is 1. The first-order chi connectivity index (χ1) is 7.27. The van der Waals surface area contributed by atoms with Crippen molar-refractivity contribution in [2.24, 2.45) is 5.73 Å². The molecular weight excluding hydrogens is 188 g/mol. The van der Waals surface area contributed by atoms with Crippen LogP contribution in [0.3, 0.4) is 0 Å². The Kier molecular flexibility index (Phi) is 2.73. The van der Waals surface area contributed by atoms with Gasteiger partial charge in [-0.15, -0.1) is 0 Å². The van der Waals surface area contributed by atoms with Gasteiger partial charge in [0.15, 0.2) is 0 Å². The van der Waals surface area contributed by atoms with Crippen molar-refractivity contribution in [1.82, 2.24) is 5.32 Å². The molecule has 0 spiro atoms. The summed E-state index contributed by atoms with van der Waals surface area (Å²) in [6.45, 7) is 0.790. The molecule has 0 aromatic heterocycles. The van der Waals surface area contributed by atoms with Crippen LogP contribution < -0.4 is 11.1 Å². The van der Waals surface area contributed by atoms with E-state index in [1.807, 2.05) is 18.2 Å². The predicted octanol–water partition coefficient (Wildman–Crippen LogP) is 0.793. The van der Waals surface area contributed by atoms with Crippen molar-refractivity contribution in [3.05, 3.63) is 35.9 Å². The lowest BCUT2D eigenvalue weighted by Gasteiger charge is -2.16. The summed E-state index contributed by atoms with van der Waals surface area (Å²) >= 11 is 0. The van der Waals surface area contributed by atoms with Gasteiger partial charge >= 0.3 is 0 Å². The van der Waals surface area contributed by atoms with Gasteiger partial charge in [0.25, 0.3) is 0 Å². The van der Waals surface area contributed by atoms with Crippen molar-refractivity contribution >= 4 is 5.91 Å². The van der Waals surface area contributed by atoms with E-state index in [4.69, 9.17) is 5.73 Å². The molecule has 0 heterocycles. The maximum absolute atomic E-state index is 11.1. The van der Waals surface area contributed by atoms with Crippen molar-refractivity contribution in [3.63, 3.8) is 0 Å². The third kappa shape index (κ3) is 2.18. The van der Waals surface area contributed by atoms with Crippen LogP contribution in [0.15, 0.2) is 30.3 Å². The van der Waals surface area contributed by atoms with Crippen LogP contribution in [0.5, 0.6) is 0 Å². The first-order valence-corrected chi connectivity index (χ1v) is 5.29. The van der Waals surface area contributed by atoms with Gasteiger partial charge in [-0.2, -0.15) is 0 Å². The monoisotopic (exact) mass is 204 g/mol. The molecule has 80 valence electrons. The Labute approximate surface area is 89.7 Å². The summed E-state index contributed by atoms with van der Waals surface area (Å²) in [5, 5.41) is 2.87. The van der Waals surface area contributed by atoms with Crippen molar-refractivity contribution in [1.29, 1.82) is 0 Å². The van der Waals surface area contributed by atoms with Gasteiger partial charge < -0.3 is 11.1 Å². The van der Waals surface area contributed by atoms with E-state index in [0.29, 0.717) is 6.54 Å². The Morgan fingerprint density at radius 2 is 2.00 bits per heavy atom. The minimum absolute atomic E-state index is 0.0720. The lowest BCUT2D eigenvalue weighted by atomic mass is 9.96. The zero-order valence-electron chi connectivity index (χ0n) is 8.70. The predicted molar refractivity (Wildman–Crippen MR) is 59.4 cm³/mol. The van der Waals surface area contributed by atoms with Crippen molar-refractivity contribution in [3.8, 4) is 0 Å². The average Bonchev–Trinajstić information content (AvgIpc) is 3.08. The quantitative estimate of drug-likeness (QED) is 0.762. The highest BCUT2D eigenvalue weighted by Gasteiger charge is 2.43. The maximum atomic E-state index is 11.1. The zero-order valence-corrected chi connectivity index (χ0v) is 8.70. The molecule has 1 aromatic rings. The van der Waals surface area contributed by atoms with Crippen LogP contribution in [0.2, 0.25) is 0 Å². The molecule has 3 nitrogen and oxygen atoms in total. The highest BCUT2D eigenvalue weighted by atomic mass is 16.1. The Morgan fingerprint density at radius 3 is 2.53 bits per heavy atom. The van der Waals surface area contributed by atoms with Crippen LogP contribution in [0.1, 0.15) is 18.4 Å². The van der Waals surface area contributed by atoms with E-state index in [1.54, 1.807) is 0 Å². The molecule has 3 heteroatoms. The fraction of sp³-hybridized carbons (Fsp3) is 0.417. The number of rotatable bonds is 4. The van der Waals surface area contributed by atoms with Crippen LogP contribution in [-0.2, 0) is 10.2 Å². The fourth-order valence-corrected chi connectivity index (χ4v) is 1.85. The highest BCUT2D eigenvalue weighted by Crippen LogP contribution is 2.47. The van der Waals surface area contributed by atoms with Crippen molar-refractivity contribution in [2.75, 3.05) is 13.1 Å². The SMILES string of the molecule is NCC(=O)NCC1(c2ccccc2)CC1. The number of nitrogens with one attached hydrogen (secondary N) is 1. The Balaban J connectivity index is 2.00. The summed E-state index contributed by atoms with van der Waals surface area (Å²) in [5.41, 5.74) is 6.76. The number of amides is 1. The summed E-state index contributed by atoms with van der Waals surface area (Å²) < 4.78 is 0. The summed E-state index contributed by atoms with van der Waals surface area (Å²) in [7, 11) is 0. The van der Waals surface area contributed by atoms with Gasteiger partial charge in [-0.05, 0) is 18.4 Å². The number of carbonyl (C=O) groups excluding carboxylic acids is 1. The third-order valence-corrected chi connectivity index (χ3v) is 3.05. The molecule has 0 unspecified atom stereocenters. The molecular formula is C12H16N2O. The van der Waals surface area contributed by atoms with E-state index in [0.717, 1.165) is 12.8 Å². The van der Waals surface area contributed by atoms with Gasteiger partial charge in [0, 0.05) is 12.0 Å². The molecule has 0 bridgehead atoms. The number of carbonyl (C=O) groups is 1. The van der Waals surface area contributed by atoms with Gasteiger partial charge in [-0.1, -0.05) is 30.3 Å². The molecule has 2 rings (SSSR count). The van der Waals surface area contributed by atoms with E-state index in [-0.39, 0.29) is 17.9 Å².